The molecule has 0 radical (unpaired) electrons. The summed E-state index contributed by atoms with van der Waals surface area (Å²) in [6.07, 6.45) is -0.838. The Hall–Kier alpha value is -1.94. The quantitative estimate of drug-likeness (QED) is 0.792. The molecule has 10 heteroatoms. The van der Waals surface area contributed by atoms with Crippen LogP contribution in [0.5, 0.6) is 0 Å². The smallest absolute Gasteiger partial charge is 0.402 e. The van der Waals surface area contributed by atoms with Crippen molar-refractivity contribution in [2.45, 2.75) is 11.1 Å². The summed E-state index contributed by atoms with van der Waals surface area (Å²) >= 11 is 0. The van der Waals surface area contributed by atoms with Crippen LogP contribution in [0.1, 0.15) is 5.56 Å². The number of carboxylic acids is 1. The molecule has 0 amide bonds. The molecule has 0 bridgehead atoms. The Bertz CT molecular complexity index is 626. The SMILES string of the molecule is O=C(O)C=Cc1cncc(S(=O)(=O)NCC(F)(F)F)c1. The van der Waals surface area contributed by atoms with Crippen molar-refractivity contribution < 1.29 is 31.5 Å². The van der Waals surface area contributed by atoms with E-state index in [9.17, 15) is 26.4 Å². The van der Waals surface area contributed by atoms with E-state index in [1.165, 1.54) is 10.9 Å². The second kappa shape index (κ2) is 6.01. The topological polar surface area (TPSA) is 96.4 Å². The van der Waals surface area contributed by atoms with Gasteiger partial charge < -0.3 is 5.11 Å². The van der Waals surface area contributed by atoms with Gasteiger partial charge in [-0.15, -0.1) is 0 Å². The Morgan fingerprint density at radius 2 is 2.05 bits per heavy atom. The summed E-state index contributed by atoms with van der Waals surface area (Å²) in [6.45, 7) is -1.70. The lowest BCUT2D eigenvalue weighted by molar-refractivity contribution is -0.131. The molecule has 0 fully saturated rings. The van der Waals surface area contributed by atoms with Crippen LogP contribution in [-0.2, 0) is 14.8 Å². The molecule has 6 nitrogen and oxygen atoms in total. The van der Waals surface area contributed by atoms with Gasteiger partial charge in [-0.3, -0.25) is 4.98 Å². The molecule has 0 aliphatic rings. The normalized spacial score (nSPS) is 12.8. The van der Waals surface area contributed by atoms with Crippen LogP contribution in [0, 0.1) is 0 Å². The van der Waals surface area contributed by atoms with Crippen molar-refractivity contribution in [1.82, 2.24) is 9.71 Å². The number of alkyl halides is 3. The predicted octanol–water partition coefficient (Wildman–Crippen LogP) is 1.02. The first kappa shape index (κ1) is 16.1. The molecule has 2 N–H and O–H groups in total. The van der Waals surface area contributed by atoms with E-state index < -0.39 is 33.6 Å². The molecule has 0 aliphatic heterocycles. The Balaban J connectivity index is 2.96. The van der Waals surface area contributed by atoms with Gasteiger partial charge in [0.1, 0.15) is 11.4 Å². The highest BCUT2D eigenvalue weighted by atomic mass is 32.2. The van der Waals surface area contributed by atoms with E-state index in [4.69, 9.17) is 5.11 Å². The minimum Gasteiger partial charge on any atom is -0.478 e. The number of sulfonamides is 1. The van der Waals surface area contributed by atoms with Crippen LogP contribution in [0.15, 0.2) is 29.4 Å². The van der Waals surface area contributed by atoms with Crippen LogP contribution in [0.4, 0.5) is 13.2 Å². The van der Waals surface area contributed by atoms with Gasteiger partial charge in [-0.05, 0) is 17.7 Å². The summed E-state index contributed by atoms with van der Waals surface area (Å²) in [7, 11) is -4.37. The standard InChI is InChI=1S/C10H9F3N2O4S/c11-10(12,13)6-15-20(18,19)8-3-7(4-14-5-8)1-2-9(16)17/h1-5,15H,6H2,(H,16,17). The molecule has 0 saturated carbocycles. The van der Waals surface area contributed by atoms with E-state index in [0.29, 0.717) is 0 Å². The Morgan fingerprint density at radius 3 is 2.60 bits per heavy atom. The summed E-state index contributed by atoms with van der Waals surface area (Å²) in [4.78, 5) is 13.3. The first-order valence-electron chi connectivity index (χ1n) is 5.03. The molecule has 1 aromatic heterocycles. The van der Waals surface area contributed by atoms with Crippen molar-refractivity contribution in [3.05, 3.63) is 30.1 Å². The van der Waals surface area contributed by atoms with Crippen molar-refractivity contribution in [2.75, 3.05) is 6.54 Å². The maximum Gasteiger partial charge on any atom is 0.402 e. The minimum atomic E-state index is -4.68. The molecule has 1 aromatic rings. The second-order valence-corrected chi connectivity index (χ2v) is 5.33. The number of rotatable bonds is 5. The van der Waals surface area contributed by atoms with E-state index in [1.54, 1.807) is 0 Å². The first-order chi connectivity index (χ1) is 9.10. The third kappa shape index (κ3) is 5.36. The zero-order valence-corrected chi connectivity index (χ0v) is 10.6. The number of aromatic nitrogens is 1. The van der Waals surface area contributed by atoms with Crippen LogP contribution in [-0.4, -0.2) is 37.2 Å². The predicted molar refractivity (Wildman–Crippen MR) is 62.2 cm³/mol. The van der Waals surface area contributed by atoms with Crippen LogP contribution >= 0.6 is 0 Å². The summed E-state index contributed by atoms with van der Waals surface area (Å²) in [5, 5.41) is 8.41. The number of hydrogen-bond acceptors (Lipinski definition) is 4. The lowest BCUT2D eigenvalue weighted by Gasteiger charge is -2.09. The van der Waals surface area contributed by atoms with Crippen molar-refractivity contribution in [2.24, 2.45) is 0 Å². The third-order valence-electron chi connectivity index (χ3n) is 1.93. The molecule has 110 valence electrons. The van der Waals surface area contributed by atoms with E-state index >= 15 is 0 Å². The van der Waals surface area contributed by atoms with Gasteiger partial charge in [0.2, 0.25) is 10.0 Å². The summed E-state index contributed by atoms with van der Waals surface area (Å²) in [5.41, 5.74) is 0.127. The van der Waals surface area contributed by atoms with Crippen molar-refractivity contribution >= 4 is 22.1 Å². The lowest BCUT2D eigenvalue weighted by Crippen LogP contribution is -2.33. The highest BCUT2D eigenvalue weighted by Crippen LogP contribution is 2.15. The zero-order chi connectivity index (χ0) is 15.4. The molecule has 0 atom stereocenters. The summed E-state index contributed by atoms with van der Waals surface area (Å²) in [5.74, 6) is -1.26. The van der Waals surface area contributed by atoms with Gasteiger partial charge in [-0.1, -0.05) is 0 Å². The largest absolute Gasteiger partial charge is 0.478 e. The van der Waals surface area contributed by atoms with Gasteiger partial charge >= 0.3 is 12.1 Å². The molecule has 0 aromatic carbocycles. The average molecular weight is 310 g/mol. The van der Waals surface area contributed by atoms with Crippen LogP contribution in [0.2, 0.25) is 0 Å². The number of carbonyl (C=O) groups is 1. The fourth-order valence-corrected chi connectivity index (χ4v) is 2.11. The number of aliphatic carboxylic acids is 1. The maximum absolute atomic E-state index is 12.0. The molecule has 20 heavy (non-hydrogen) atoms. The Morgan fingerprint density at radius 1 is 1.40 bits per heavy atom. The third-order valence-corrected chi connectivity index (χ3v) is 3.29. The molecule has 1 heterocycles. The van der Waals surface area contributed by atoms with Crippen LogP contribution in [0.25, 0.3) is 6.08 Å². The zero-order valence-electron chi connectivity index (χ0n) is 9.76. The second-order valence-electron chi connectivity index (χ2n) is 3.57. The lowest BCUT2D eigenvalue weighted by atomic mass is 10.2. The number of carboxylic acid groups (broad SMARTS) is 1. The number of hydrogen-bond donors (Lipinski definition) is 2. The number of halogens is 3. The fraction of sp³-hybridized carbons (Fsp3) is 0.200. The monoisotopic (exact) mass is 310 g/mol. The van der Waals surface area contributed by atoms with Gasteiger partial charge in [0.25, 0.3) is 0 Å². The highest BCUT2D eigenvalue weighted by molar-refractivity contribution is 7.89. The Kier molecular flexibility index (Phi) is 4.84. The minimum absolute atomic E-state index is 0.127. The van der Waals surface area contributed by atoms with Gasteiger partial charge in [0.15, 0.2) is 0 Å². The number of nitrogens with one attached hydrogen (secondary N) is 1. The molecule has 0 saturated heterocycles. The van der Waals surface area contributed by atoms with Crippen molar-refractivity contribution in [3.8, 4) is 0 Å². The molecule has 0 unspecified atom stereocenters. The average Bonchev–Trinajstić information content (AvgIpc) is 2.34. The van der Waals surface area contributed by atoms with E-state index in [1.807, 2.05) is 0 Å². The number of nitrogens with zero attached hydrogens (tertiary/aromatic N) is 1. The molecule has 1 rings (SSSR count). The van der Waals surface area contributed by atoms with Gasteiger partial charge in [0.05, 0.1) is 0 Å². The summed E-state index contributed by atoms with van der Waals surface area (Å²) < 4.78 is 60.4. The number of pyridine rings is 1. The van der Waals surface area contributed by atoms with Gasteiger partial charge in [-0.25, -0.2) is 17.9 Å². The highest BCUT2D eigenvalue weighted by Gasteiger charge is 2.30. The van der Waals surface area contributed by atoms with E-state index in [0.717, 1.165) is 24.4 Å². The maximum atomic E-state index is 12.0. The van der Waals surface area contributed by atoms with Crippen LogP contribution < -0.4 is 4.72 Å². The fourth-order valence-electron chi connectivity index (χ4n) is 1.10. The molecule has 0 aliphatic carbocycles. The van der Waals surface area contributed by atoms with Crippen LogP contribution in [0.3, 0.4) is 0 Å². The van der Waals surface area contributed by atoms with Crippen molar-refractivity contribution in [1.29, 1.82) is 0 Å². The molecular formula is C10H9F3N2O4S. The van der Waals surface area contributed by atoms with Gasteiger partial charge in [0, 0.05) is 18.5 Å². The first-order valence-corrected chi connectivity index (χ1v) is 6.51. The van der Waals surface area contributed by atoms with E-state index in [-0.39, 0.29) is 5.56 Å². The molecule has 0 spiro atoms. The Labute approximate surface area is 112 Å². The summed E-state index contributed by atoms with van der Waals surface area (Å²) in [6, 6.07) is 1.01. The van der Waals surface area contributed by atoms with Gasteiger partial charge in [-0.2, -0.15) is 13.2 Å². The van der Waals surface area contributed by atoms with Crippen molar-refractivity contribution in [3.63, 3.8) is 0 Å². The van der Waals surface area contributed by atoms with E-state index in [2.05, 4.69) is 4.98 Å². The molecular weight excluding hydrogens is 301 g/mol.